The first-order valence-corrected chi connectivity index (χ1v) is 7.61. The van der Waals surface area contributed by atoms with Crippen molar-refractivity contribution in [2.24, 2.45) is 0 Å². The van der Waals surface area contributed by atoms with Crippen molar-refractivity contribution in [1.29, 1.82) is 0 Å². The van der Waals surface area contributed by atoms with Gasteiger partial charge >= 0.3 is 0 Å². The predicted octanol–water partition coefficient (Wildman–Crippen LogP) is 0.805. The third-order valence-corrected chi connectivity index (χ3v) is 4.14. The highest BCUT2D eigenvalue weighted by Gasteiger charge is 2.15. The topological polar surface area (TPSA) is 92.4 Å². The fraction of sp³-hybridized carbons (Fsp3) is 0.214. The Balaban J connectivity index is 2.18. The largest absolute Gasteiger partial charge is 0.384 e. The molecule has 1 aromatic heterocycles. The van der Waals surface area contributed by atoms with Crippen LogP contribution in [0.1, 0.15) is 16.9 Å². The first-order chi connectivity index (χ1) is 10.0. The number of nitrogens with zero attached hydrogens (tertiary/aromatic N) is 1. The number of nitrogens with one attached hydrogen (secondary N) is 1. The maximum Gasteiger partial charge on any atom is 0.240 e. The van der Waals surface area contributed by atoms with Gasteiger partial charge < -0.3 is 9.63 Å². The molecule has 0 amide bonds. The van der Waals surface area contributed by atoms with E-state index >= 15 is 0 Å². The van der Waals surface area contributed by atoms with Crippen LogP contribution in [0.4, 0.5) is 0 Å². The van der Waals surface area contributed by atoms with Gasteiger partial charge in [0.1, 0.15) is 6.61 Å². The summed E-state index contributed by atoms with van der Waals surface area (Å²) in [6.45, 7) is 1.56. The van der Waals surface area contributed by atoms with Crippen LogP contribution in [0.3, 0.4) is 0 Å². The number of sulfonamides is 1. The van der Waals surface area contributed by atoms with Crippen molar-refractivity contribution in [3.63, 3.8) is 0 Å². The van der Waals surface area contributed by atoms with E-state index in [0.29, 0.717) is 11.3 Å². The zero-order valence-corrected chi connectivity index (χ0v) is 12.1. The summed E-state index contributed by atoms with van der Waals surface area (Å²) in [5.41, 5.74) is 1.40. The minimum absolute atomic E-state index is 0.0352. The quantitative estimate of drug-likeness (QED) is 0.815. The Morgan fingerprint density at radius 2 is 2.19 bits per heavy atom. The average Bonchev–Trinajstić information content (AvgIpc) is 2.97. The summed E-state index contributed by atoms with van der Waals surface area (Å²) in [6, 6.07) is 6.20. The van der Waals surface area contributed by atoms with Gasteiger partial charge in [-0.25, -0.2) is 13.1 Å². The first kappa shape index (κ1) is 15.3. The molecule has 2 N–H and O–H groups in total. The van der Waals surface area contributed by atoms with Crippen molar-refractivity contribution in [2.45, 2.75) is 18.4 Å². The van der Waals surface area contributed by atoms with Crippen LogP contribution in [0.2, 0.25) is 0 Å². The van der Waals surface area contributed by atoms with Crippen LogP contribution < -0.4 is 4.72 Å². The maximum atomic E-state index is 12.2. The molecule has 0 radical (unpaired) electrons. The second-order valence-electron chi connectivity index (χ2n) is 4.24. The van der Waals surface area contributed by atoms with Crippen LogP contribution in [-0.4, -0.2) is 25.3 Å². The maximum absolute atomic E-state index is 12.2. The molecule has 2 aromatic rings. The van der Waals surface area contributed by atoms with Gasteiger partial charge in [-0.1, -0.05) is 17.0 Å². The monoisotopic (exact) mass is 306 g/mol. The second kappa shape index (κ2) is 6.54. The lowest BCUT2D eigenvalue weighted by Crippen LogP contribution is -2.23. The van der Waals surface area contributed by atoms with Crippen molar-refractivity contribution in [3.8, 4) is 11.8 Å². The van der Waals surface area contributed by atoms with Gasteiger partial charge in [-0.05, 0) is 30.7 Å². The Bertz CT molecular complexity index is 771. The smallest absolute Gasteiger partial charge is 0.240 e. The number of aliphatic hydroxyl groups excluding tert-OH is 1. The number of aliphatic hydroxyl groups is 1. The summed E-state index contributed by atoms with van der Waals surface area (Å²) in [5.74, 6) is 5.72. The van der Waals surface area contributed by atoms with Gasteiger partial charge in [0.15, 0.2) is 5.76 Å². The van der Waals surface area contributed by atoms with Crippen LogP contribution in [0.5, 0.6) is 0 Å². The van der Waals surface area contributed by atoms with Crippen molar-refractivity contribution in [3.05, 3.63) is 47.3 Å². The Kier molecular flexibility index (Phi) is 4.75. The summed E-state index contributed by atoms with van der Waals surface area (Å²) < 4.78 is 31.6. The molecule has 6 nitrogen and oxygen atoms in total. The fourth-order valence-corrected chi connectivity index (χ4v) is 2.74. The van der Waals surface area contributed by atoms with E-state index in [0.717, 1.165) is 5.56 Å². The molecule has 0 saturated carbocycles. The molecule has 0 saturated heterocycles. The Morgan fingerprint density at radius 3 is 2.81 bits per heavy atom. The molecule has 7 heteroatoms. The summed E-state index contributed by atoms with van der Waals surface area (Å²) in [5, 5.41) is 12.2. The van der Waals surface area contributed by atoms with E-state index in [4.69, 9.17) is 9.63 Å². The highest BCUT2D eigenvalue weighted by Crippen LogP contribution is 2.15. The molecule has 0 unspecified atom stereocenters. The lowest BCUT2D eigenvalue weighted by Gasteiger charge is -2.07. The molecule has 0 atom stereocenters. The Hall–Kier alpha value is -2.14. The fourth-order valence-electron chi connectivity index (χ4n) is 1.66. The highest BCUT2D eigenvalue weighted by molar-refractivity contribution is 7.89. The van der Waals surface area contributed by atoms with Crippen molar-refractivity contribution in [2.75, 3.05) is 6.61 Å². The molecule has 2 rings (SSSR count). The van der Waals surface area contributed by atoms with Gasteiger partial charge in [0, 0.05) is 11.6 Å². The summed E-state index contributed by atoms with van der Waals surface area (Å²) in [6.07, 6.45) is 1.45. The standard InChI is InChI=1S/C14H14N2O4S/c1-11-9-14(5-4-12(11)3-2-8-17)21(18,19)16-10-13-6-7-15-20-13/h4-7,9,16-17H,8,10H2,1H3. The molecule has 0 spiro atoms. The Labute approximate surface area is 122 Å². The molecule has 21 heavy (non-hydrogen) atoms. The highest BCUT2D eigenvalue weighted by atomic mass is 32.2. The molecule has 0 aliphatic carbocycles. The van der Waals surface area contributed by atoms with Crippen LogP contribution in [0.25, 0.3) is 0 Å². The molecule has 1 heterocycles. The van der Waals surface area contributed by atoms with Crippen LogP contribution in [0.15, 0.2) is 39.9 Å². The first-order valence-electron chi connectivity index (χ1n) is 6.12. The average molecular weight is 306 g/mol. The molecule has 0 bridgehead atoms. The number of aryl methyl sites for hydroxylation is 1. The zero-order chi connectivity index (χ0) is 15.3. The van der Waals surface area contributed by atoms with Crippen molar-refractivity contribution < 1.29 is 18.0 Å². The van der Waals surface area contributed by atoms with Crippen molar-refractivity contribution >= 4 is 10.0 Å². The van der Waals surface area contributed by atoms with E-state index in [2.05, 4.69) is 21.7 Å². The summed E-state index contributed by atoms with van der Waals surface area (Å²) in [7, 11) is -3.63. The normalized spacial score (nSPS) is 11.0. The minimum Gasteiger partial charge on any atom is -0.384 e. The second-order valence-corrected chi connectivity index (χ2v) is 6.01. The molecule has 0 fully saturated rings. The number of hydrogen-bond acceptors (Lipinski definition) is 5. The van der Waals surface area contributed by atoms with E-state index in [1.54, 1.807) is 19.1 Å². The predicted molar refractivity (Wildman–Crippen MR) is 75.7 cm³/mol. The minimum atomic E-state index is -3.63. The number of rotatable bonds is 4. The summed E-state index contributed by atoms with van der Waals surface area (Å²) >= 11 is 0. The number of aromatic nitrogens is 1. The van der Waals surface area contributed by atoms with Gasteiger partial charge in [0.05, 0.1) is 17.6 Å². The zero-order valence-electron chi connectivity index (χ0n) is 11.3. The molecule has 110 valence electrons. The van der Waals surface area contributed by atoms with Crippen LogP contribution in [-0.2, 0) is 16.6 Å². The lowest BCUT2D eigenvalue weighted by molar-refractivity contribution is 0.350. The van der Waals surface area contributed by atoms with Gasteiger partial charge in [0.25, 0.3) is 0 Å². The third kappa shape index (κ3) is 3.92. The number of benzene rings is 1. The Morgan fingerprint density at radius 1 is 1.38 bits per heavy atom. The lowest BCUT2D eigenvalue weighted by atomic mass is 10.1. The third-order valence-electron chi connectivity index (χ3n) is 2.74. The molecule has 0 aliphatic rings. The van der Waals surface area contributed by atoms with Gasteiger partial charge in [-0.2, -0.15) is 0 Å². The van der Waals surface area contributed by atoms with Crippen LogP contribution in [0, 0.1) is 18.8 Å². The van der Waals surface area contributed by atoms with Gasteiger partial charge in [0.2, 0.25) is 10.0 Å². The number of hydrogen-bond donors (Lipinski definition) is 2. The molecule has 1 aromatic carbocycles. The van der Waals surface area contributed by atoms with E-state index in [-0.39, 0.29) is 18.0 Å². The van der Waals surface area contributed by atoms with E-state index in [9.17, 15) is 8.42 Å². The molecular weight excluding hydrogens is 292 g/mol. The van der Waals surface area contributed by atoms with E-state index in [1.807, 2.05) is 0 Å². The summed E-state index contributed by atoms with van der Waals surface area (Å²) in [4.78, 5) is 0.147. The van der Waals surface area contributed by atoms with Crippen molar-refractivity contribution in [1.82, 2.24) is 9.88 Å². The van der Waals surface area contributed by atoms with Gasteiger partial charge in [-0.15, -0.1) is 0 Å². The van der Waals surface area contributed by atoms with E-state index in [1.165, 1.54) is 18.3 Å². The molecule has 0 aliphatic heterocycles. The van der Waals surface area contributed by atoms with E-state index < -0.39 is 10.0 Å². The molecular formula is C14H14N2O4S. The SMILES string of the molecule is Cc1cc(S(=O)(=O)NCc2ccno2)ccc1C#CCO. The van der Waals surface area contributed by atoms with Crippen LogP contribution >= 0.6 is 0 Å². The van der Waals surface area contributed by atoms with Gasteiger partial charge in [-0.3, -0.25) is 0 Å².